The first-order valence-electron chi connectivity index (χ1n) is 9.75. The average Bonchev–Trinajstić information content (AvgIpc) is 3.19. The van der Waals surface area contributed by atoms with Gasteiger partial charge in [-0.25, -0.2) is 0 Å². The normalized spacial score (nSPS) is 30.7. The second-order valence-electron chi connectivity index (χ2n) is 8.96. The molecule has 4 atom stereocenters. The molecule has 3 rings (SSSR count). The van der Waals surface area contributed by atoms with Gasteiger partial charge in [0, 0.05) is 0 Å². The number of carbonyl (C=O) groups excluding carboxylic acids is 2. The number of hydrogen-bond donors (Lipinski definition) is 0. The van der Waals surface area contributed by atoms with Crippen molar-refractivity contribution in [2.75, 3.05) is 6.54 Å². The van der Waals surface area contributed by atoms with E-state index in [1.54, 1.807) is 0 Å². The summed E-state index contributed by atoms with van der Waals surface area (Å²) in [7, 11) is -1.81. The maximum Gasteiger partial charge on any atom is 0.234 e. The number of nitrogens with zero attached hydrogens (tertiary/aromatic N) is 1. The summed E-state index contributed by atoms with van der Waals surface area (Å²) in [5, 5.41) is 0. The van der Waals surface area contributed by atoms with E-state index in [-0.39, 0.29) is 42.0 Å². The highest BCUT2D eigenvalue weighted by molar-refractivity contribution is 6.90. The van der Waals surface area contributed by atoms with Gasteiger partial charge < -0.3 is 0 Å². The number of rotatable bonds is 4. The second kappa shape index (κ2) is 6.43. The van der Waals surface area contributed by atoms with E-state index in [9.17, 15) is 9.59 Å². The summed E-state index contributed by atoms with van der Waals surface area (Å²) < 4.78 is 0. The lowest BCUT2D eigenvalue weighted by Crippen LogP contribution is -2.43. The maximum atomic E-state index is 12.8. The predicted octanol–water partition coefficient (Wildman–Crippen LogP) is 4.01. The molecule has 2 amide bonds. The molecule has 2 fully saturated rings. The van der Waals surface area contributed by atoms with Crippen LogP contribution in [0.2, 0.25) is 16.6 Å². The number of likely N-dealkylation sites (tertiary alicyclic amines) is 1. The monoisotopic (exact) mass is 357 g/mol. The molecule has 2 aliphatic carbocycles. The SMILES string of the molecule is CC(C)[Si](C#CCN1C(=O)[C@@H]2[C@H](C1=O)[C@H]1C=C[C@@H]2C1)(C(C)C)C(C)C. The van der Waals surface area contributed by atoms with Crippen molar-refractivity contribution in [1.29, 1.82) is 0 Å². The molecule has 3 nitrogen and oxygen atoms in total. The van der Waals surface area contributed by atoms with Crippen molar-refractivity contribution in [2.24, 2.45) is 23.7 Å². The minimum absolute atomic E-state index is 0.0204. The Balaban J connectivity index is 1.80. The van der Waals surface area contributed by atoms with E-state index < -0.39 is 8.07 Å². The lowest BCUT2D eigenvalue weighted by molar-refractivity contribution is -0.139. The molecule has 3 aliphatic rings. The molecule has 2 bridgehead atoms. The summed E-state index contributed by atoms with van der Waals surface area (Å²) in [6.45, 7) is 14.0. The number of imide groups is 1. The zero-order valence-electron chi connectivity index (χ0n) is 16.4. The largest absolute Gasteiger partial charge is 0.274 e. The van der Waals surface area contributed by atoms with Crippen LogP contribution in [-0.2, 0) is 9.59 Å². The fourth-order valence-electron chi connectivity index (χ4n) is 5.82. The molecule has 0 N–H and O–H groups in total. The number of allylic oxidation sites excluding steroid dienone is 2. The van der Waals surface area contributed by atoms with Crippen molar-refractivity contribution < 1.29 is 9.59 Å². The smallest absolute Gasteiger partial charge is 0.234 e. The Morgan fingerprint density at radius 2 is 1.40 bits per heavy atom. The molecule has 1 saturated heterocycles. The standard InChI is InChI=1S/C21H31NO2Si/c1-13(2)25(14(3)4,15(5)6)11-7-10-22-20(23)18-16-8-9-17(12-16)19(18)21(22)24/h8-9,13-19H,10,12H2,1-6H3/t16-,17+,18+,19-. The molecule has 0 radical (unpaired) electrons. The third-order valence-corrected chi connectivity index (χ3v) is 13.3. The second-order valence-corrected chi connectivity index (χ2v) is 14.5. The first-order chi connectivity index (χ1) is 11.7. The Bertz CT molecular complexity index is 615. The molecule has 0 aromatic heterocycles. The molecular formula is C21H31NO2Si. The van der Waals surface area contributed by atoms with Crippen molar-refractivity contribution in [2.45, 2.75) is 64.6 Å². The summed E-state index contributed by atoms with van der Waals surface area (Å²) in [5.41, 5.74) is 5.31. The molecule has 0 spiro atoms. The van der Waals surface area contributed by atoms with Gasteiger partial charge in [-0.15, -0.1) is 5.54 Å². The molecule has 0 aromatic rings. The van der Waals surface area contributed by atoms with Gasteiger partial charge in [-0.1, -0.05) is 59.6 Å². The quantitative estimate of drug-likeness (QED) is 0.330. The highest BCUT2D eigenvalue weighted by Gasteiger charge is 2.59. The molecule has 0 aromatic carbocycles. The van der Waals surface area contributed by atoms with Crippen LogP contribution in [0.4, 0.5) is 0 Å². The van der Waals surface area contributed by atoms with Crippen LogP contribution in [-0.4, -0.2) is 31.3 Å². The average molecular weight is 358 g/mol. The Morgan fingerprint density at radius 1 is 0.960 bits per heavy atom. The first-order valence-corrected chi connectivity index (χ1v) is 12.0. The number of amides is 2. The third kappa shape index (κ3) is 2.63. The van der Waals surface area contributed by atoms with Crippen LogP contribution < -0.4 is 0 Å². The van der Waals surface area contributed by atoms with Gasteiger partial charge in [0.1, 0.15) is 8.07 Å². The highest BCUT2D eigenvalue weighted by atomic mass is 28.3. The first kappa shape index (κ1) is 18.4. The summed E-state index contributed by atoms with van der Waals surface area (Å²) in [6.07, 6.45) is 5.26. The fourth-order valence-corrected chi connectivity index (χ4v) is 11.1. The van der Waals surface area contributed by atoms with E-state index in [4.69, 9.17) is 0 Å². The Labute approximate surface area is 153 Å². The molecule has 4 heteroatoms. The van der Waals surface area contributed by atoms with E-state index in [2.05, 4.69) is 65.2 Å². The summed E-state index contributed by atoms with van der Waals surface area (Å²) in [5.74, 6) is 3.67. The topological polar surface area (TPSA) is 37.4 Å². The van der Waals surface area contributed by atoms with E-state index in [1.807, 2.05) is 0 Å². The van der Waals surface area contributed by atoms with E-state index in [0.29, 0.717) is 16.6 Å². The van der Waals surface area contributed by atoms with E-state index in [0.717, 1.165) is 6.42 Å². The van der Waals surface area contributed by atoms with Gasteiger partial charge in [0.15, 0.2) is 0 Å². The highest BCUT2D eigenvalue weighted by Crippen LogP contribution is 2.52. The molecule has 1 aliphatic heterocycles. The Morgan fingerprint density at radius 3 is 1.80 bits per heavy atom. The summed E-state index contributed by atoms with van der Waals surface area (Å²) in [6, 6.07) is 0. The zero-order valence-corrected chi connectivity index (χ0v) is 17.4. The van der Waals surface area contributed by atoms with Gasteiger partial charge in [-0.3, -0.25) is 14.5 Å². The van der Waals surface area contributed by atoms with Gasteiger partial charge in [-0.05, 0) is 34.9 Å². The van der Waals surface area contributed by atoms with Crippen LogP contribution in [0.15, 0.2) is 12.2 Å². The number of carbonyl (C=O) groups is 2. The predicted molar refractivity (Wildman–Crippen MR) is 103 cm³/mol. The minimum atomic E-state index is -1.81. The number of fused-ring (bicyclic) bond motifs is 5. The summed E-state index contributed by atoms with van der Waals surface area (Å²) in [4.78, 5) is 27.0. The van der Waals surface area contributed by atoms with Gasteiger partial charge in [0.2, 0.25) is 11.8 Å². The van der Waals surface area contributed by atoms with Gasteiger partial charge >= 0.3 is 0 Å². The lowest BCUT2D eigenvalue weighted by atomic mass is 9.85. The van der Waals surface area contributed by atoms with E-state index in [1.165, 1.54) is 4.90 Å². The van der Waals surface area contributed by atoms with Crippen LogP contribution in [0.1, 0.15) is 48.0 Å². The summed E-state index contributed by atoms with van der Waals surface area (Å²) >= 11 is 0. The van der Waals surface area contributed by atoms with Crippen LogP contribution in [0.5, 0.6) is 0 Å². The zero-order chi connectivity index (χ0) is 18.5. The fraction of sp³-hybridized carbons (Fsp3) is 0.714. The third-order valence-electron chi connectivity index (χ3n) is 6.97. The van der Waals surface area contributed by atoms with Crippen molar-refractivity contribution in [3.63, 3.8) is 0 Å². The maximum absolute atomic E-state index is 12.8. The van der Waals surface area contributed by atoms with Crippen molar-refractivity contribution in [3.8, 4) is 11.5 Å². The Hall–Kier alpha value is -1.34. The molecule has 136 valence electrons. The number of hydrogen-bond acceptors (Lipinski definition) is 2. The Kier molecular flexibility index (Phi) is 4.74. The van der Waals surface area contributed by atoms with Crippen molar-refractivity contribution in [3.05, 3.63) is 12.2 Å². The van der Waals surface area contributed by atoms with Crippen LogP contribution in [0, 0.1) is 35.1 Å². The van der Waals surface area contributed by atoms with Gasteiger partial charge in [0.25, 0.3) is 0 Å². The van der Waals surface area contributed by atoms with Crippen LogP contribution in [0.3, 0.4) is 0 Å². The molecule has 0 unspecified atom stereocenters. The minimum Gasteiger partial charge on any atom is -0.274 e. The van der Waals surface area contributed by atoms with E-state index >= 15 is 0 Å². The van der Waals surface area contributed by atoms with Gasteiger partial charge in [0.05, 0.1) is 18.4 Å². The molecule has 1 heterocycles. The van der Waals surface area contributed by atoms with Crippen molar-refractivity contribution >= 4 is 19.9 Å². The van der Waals surface area contributed by atoms with Gasteiger partial charge in [-0.2, -0.15) is 0 Å². The lowest BCUT2D eigenvalue weighted by Gasteiger charge is -2.38. The van der Waals surface area contributed by atoms with Crippen molar-refractivity contribution in [1.82, 2.24) is 4.90 Å². The van der Waals surface area contributed by atoms with Crippen LogP contribution in [0.25, 0.3) is 0 Å². The molecule has 1 saturated carbocycles. The van der Waals surface area contributed by atoms with Crippen LogP contribution >= 0.6 is 0 Å². The molecule has 25 heavy (non-hydrogen) atoms. The molecular weight excluding hydrogens is 326 g/mol.